The highest BCUT2D eigenvalue weighted by Gasteiger charge is 2.03. The molecule has 0 unspecified atom stereocenters. The highest BCUT2D eigenvalue weighted by atomic mass is 32.1. The second kappa shape index (κ2) is 6.15. The monoisotopic (exact) mass is 293 g/mol. The molecule has 0 fully saturated rings. The van der Waals surface area contributed by atoms with Gasteiger partial charge in [-0.3, -0.25) is 0 Å². The smallest absolute Gasteiger partial charge is 0.0411 e. The highest BCUT2D eigenvalue weighted by Crippen LogP contribution is 2.23. The zero-order valence-corrected chi connectivity index (χ0v) is 13.2. The van der Waals surface area contributed by atoms with Crippen LogP contribution >= 0.6 is 11.3 Å². The van der Waals surface area contributed by atoms with Crippen LogP contribution in [0.25, 0.3) is 11.1 Å². The van der Waals surface area contributed by atoms with E-state index in [1.807, 2.05) is 17.4 Å². The first kappa shape index (κ1) is 13.9. The summed E-state index contributed by atoms with van der Waals surface area (Å²) in [5.41, 5.74) is 5.07. The molecule has 3 rings (SSSR count). The van der Waals surface area contributed by atoms with Gasteiger partial charge in [-0.15, -0.1) is 11.3 Å². The summed E-state index contributed by atoms with van der Waals surface area (Å²) in [6.45, 7) is 5.24. The standard InChI is InChI=1S/C19H19NS/c1-14-12-18(15(2)21-14)13-20-19-10-8-17(9-11-19)16-6-4-3-5-7-16/h3-12,20H,13H2,1-2H3. The molecule has 0 aliphatic carbocycles. The van der Waals surface area contributed by atoms with Gasteiger partial charge in [0, 0.05) is 22.0 Å². The summed E-state index contributed by atoms with van der Waals surface area (Å²) >= 11 is 1.86. The second-order valence-electron chi connectivity index (χ2n) is 5.24. The third kappa shape index (κ3) is 3.34. The Morgan fingerprint density at radius 3 is 2.14 bits per heavy atom. The lowest BCUT2D eigenvalue weighted by Gasteiger charge is -2.07. The Hall–Kier alpha value is -2.06. The Morgan fingerprint density at radius 1 is 0.857 bits per heavy atom. The van der Waals surface area contributed by atoms with Crippen molar-refractivity contribution in [3.63, 3.8) is 0 Å². The van der Waals surface area contributed by atoms with Gasteiger partial charge in [0.25, 0.3) is 0 Å². The predicted molar refractivity (Wildman–Crippen MR) is 93.0 cm³/mol. The quantitative estimate of drug-likeness (QED) is 0.656. The maximum absolute atomic E-state index is 3.50. The van der Waals surface area contributed by atoms with Crippen LogP contribution in [0.4, 0.5) is 5.69 Å². The topological polar surface area (TPSA) is 12.0 Å². The molecule has 0 spiro atoms. The van der Waals surface area contributed by atoms with Crippen LogP contribution in [0.3, 0.4) is 0 Å². The van der Waals surface area contributed by atoms with Crippen molar-refractivity contribution >= 4 is 17.0 Å². The van der Waals surface area contributed by atoms with Crippen LogP contribution in [0, 0.1) is 13.8 Å². The van der Waals surface area contributed by atoms with E-state index in [4.69, 9.17) is 0 Å². The molecule has 0 amide bonds. The molecule has 2 aromatic carbocycles. The summed E-state index contributed by atoms with van der Waals surface area (Å²) in [5, 5.41) is 3.50. The maximum Gasteiger partial charge on any atom is 0.0411 e. The molecule has 0 atom stereocenters. The van der Waals surface area contributed by atoms with Gasteiger partial charge in [-0.25, -0.2) is 0 Å². The largest absolute Gasteiger partial charge is 0.381 e. The van der Waals surface area contributed by atoms with Gasteiger partial charge in [-0.1, -0.05) is 42.5 Å². The summed E-state index contributed by atoms with van der Waals surface area (Å²) in [7, 11) is 0. The van der Waals surface area contributed by atoms with Crippen molar-refractivity contribution in [1.29, 1.82) is 0 Å². The molecule has 0 aliphatic heterocycles. The number of hydrogen-bond donors (Lipinski definition) is 1. The van der Waals surface area contributed by atoms with Crippen molar-refractivity contribution < 1.29 is 0 Å². The average Bonchev–Trinajstić information content (AvgIpc) is 2.84. The third-order valence-electron chi connectivity index (χ3n) is 3.62. The Labute approximate surface area is 130 Å². The SMILES string of the molecule is Cc1cc(CNc2ccc(-c3ccccc3)cc2)c(C)s1. The molecule has 1 heterocycles. The van der Waals surface area contributed by atoms with Crippen LogP contribution in [-0.2, 0) is 6.54 Å². The van der Waals surface area contributed by atoms with E-state index in [1.54, 1.807) is 0 Å². The normalized spacial score (nSPS) is 10.6. The van der Waals surface area contributed by atoms with E-state index in [1.165, 1.54) is 26.4 Å². The van der Waals surface area contributed by atoms with Crippen LogP contribution in [0.5, 0.6) is 0 Å². The highest BCUT2D eigenvalue weighted by molar-refractivity contribution is 7.12. The zero-order chi connectivity index (χ0) is 14.7. The molecule has 21 heavy (non-hydrogen) atoms. The molecule has 106 valence electrons. The van der Waals surface area contributed by atoms with E-state index in [0.717, 1.165) is 12.2 Å². The zero-order valence-electron chi connectivity index (χ0n) is 12.4. The van der Waals surface area contributed by atoms with Gasteiger partial charge in [0.05, 0.1) is 0 Å². The van der Waals surface area contributed by atoms with Crippen molar-refractivity contribution in [3.05, 3.63) is 76.0 Å². The summed E-state index contributed by atoms with van der Waals surface area (Å²) in [5.74, 6) is 0. The summed E-state index contributed by atoms with van der Waals surface area (Å²) in [4.78, 5) is 2.78. The van der Waals surface area contributed by atoms with Gasteiger partial charge < -0.3 is 5.32 Å². The first-order valence-corrected chi connectivity index (χ1v) is 7.99. The molecule has 1 nitrogen and oxygen atoms in total. The lowest BCUT2D eigenvalue weighted by molar-refractivity contribution is 1.14. The minimum absolute atomic E-state index is 0.890. The van der Waals surface area contributed by atoms with Crippen LogP contribution < -0.4 is 5.32 Å². The molecule has 1 aromatic heterocycles. The Balaban J connectivity index is 1.69. The van der Waals surface area contributed by atoms with Crippen molar-refractivity contribution in [1.82, 2.24) is 0 Å². The van der Waals surface area contributed by atoms with Crippen LogP contribution in [-0.4, -0.2) is 0 Å². The van der Waals surface area contributed by atoms with Gasteiger partial charge in [0.15, 0.2) is 0 Å². The van der Waals surface area contributed by atoms with E-state index >= 15 is 0 Å². The van der Waals surface area contributed by atoms with Gasteiger partial charge in [0.2, 0.25) is 0 Å². The molecule has 0 aliphatic rings. The minimum atomic E-state index is 0.890. The average molecular weight is 293 g/mol. The summed E-state index contributed by atoms with van der Waals surface area (Å²) < 4.78 is 0. The molecule has 0 saturated carbocycles. The van der Waals surface area contributed by atoms with E-state index in [9.17, 15) is 0 Å². The van der Waals surface area contributed by atoms with Gasteiger partial charge in [-0.05, 0) is 48.7 Å². The van der Waals surface area contributed by atoms with E-state index in [-0.39, 0.29) is 0 Å². The summed E-state index contributed by atoms with van der Waals surface area (Å²) in [6.07, 6.45) is 0. The van der Waals surface area contributed by atoms with Crippen molar-refractivity contribution in [2.75, 3.05) is 5.32 Å². The Bertz CT molecular complexity index is 711. The van der Waals surface area contributed by atoms with Crippen molar-refractivity contribution in [2.45, 2.75) is 20.4 Å². The molecule has 3 aromatic rings. The third-order valence-corrected chi connectivity index (χ3v) is 4.63. The van der Waals surface area contributed by atoms with E-state index in [2.05, 4.69) is 73.8 Å². The molecule has 2 heteroatoms. The minimum Gasteiger partial charge on any atom is -0.381 e. The number of nitrogens with one attached hydrogen (secondary N) is 1. The summed E-state index contributed by atoms with van der Waals surface area (Å²) in [6, 6.07) is 21.4. The van der Waals surface area contributed by atoms with Crippen LogP contribution in [0.15, 0.2) is 60.7 Å². The number of hydrogen-bond acceptors (Lipinski definition) is 2. The first-order chi connectivity index (χ1) is 10.2. The van der Waals surface area contributed by atoms with E-state index < -0.39 is 0 Å². The number of rotatable bonds is 4. The van der Waals surface area contributed by atoms with E-state index in [0.29, 0.717) is 0 Å². The fourth-order valence-electron chi connectivity index (χ4n) is 2.47. The predicted octanol–water partition coefficient (Wildman–Crippen LogP) is 5.64. The van der Waals surface area contributed by atoms with Crippen LogP contribution in [0.1, 0.15) is 15.3 Å². The van der Waals surface area contributed by atoms with Gasteiger partial charge >= 0.3 is 0 Å². The number of thiophene rings is 1. The number of aryl methyl sites for hydroxylation is 2. The van der Waals surface area contributed by atoms with Crippen molar-refractivity contribution in [2.24, 2.45) is 0 Å². The maximum atomic E-state index is 3.50. The van der Waals surface area contributed by atoms with Crippen LogP contribution in [0.2, 0.25) is 0 Å². The lowest BCUT2D eigenvalue weighted by Crippen LogP contribution is -1.99. The Kier molecular flexibility index (Phi) is 4.07. The number of anilines is 1. The van der Waals surface area contributed by atoms with Crippen molar-refractivity contribution in [3.8, 4) is 11.1 Å². The molecule has 0 saturated heterocycles. The second-order valence-corrected chi connectivity index (χ2v) is 6.70. The Morgan fingerprint density at radius 2 is 1.52 bits per heavy atom. The first-order valence-electron chi connectivity index (χ1n) is 7.17. The number of benzene rings is 2. The van der Waals surface area contributed by atoms with Gasteiger partial charge in [-0.2, -0.15) is 0 Å². The molecule has 0 bridgehead atoms. The lowest BCUT2D eigenvalue weighted by atomic mass is 10.1. The van der Waals surface area contributed by atoms with Gasteiger partial charge in [0.1, 0.15) is 0 Å². The molecule has 0 radical (unpaired) electrons. The molecule has 1 N–H and O–H groups in total. The fourth-order valence-corrected chi connectivity index (χ4v) is 3.41. The molecular weight excluding hydrogens is 274 g/mol. The fraction of sp³-hybridized carbons (Fsp3) is 0.158. The molecular formula is C19H19NS.